The van der Waals surface area contributed by atoms with Gasteiger partial charge in [0, 0.05) is 25.7 Å². The summed E-state index contributed by atoms with van der Waals surface area (Å²) in [4.78, 5) is 72.7. The van der Waals surface area contributed by atoms with E-state index in [2.05, 4.69) is 55.4 Å². The van der Waals surface area contributed by atoms with E-state index in [-0.39, 0.29) is 25.7 Å². The molecule has 0 radical (unpaired) electrons. The summed E-state index contributed by atoms with van der Waals surface area (Å²) in [7, 11) is -9.91. The standard InChI is InChI=1S/C75H146O17P2/c1-9-68(8)54-46-38-33-34-42-50-58-75(80)92-71(62-85-72(77)55-47-39-30-24-20-16-12-10-14-18-22-27-35-43-51-65(2)3)64-90-94(83,84)88-60-69(76)59-87-93(81,82)89-63-70(61-86-73(78)56-48-40-32-26-29-37-45-53-67(6)7)91-74(79)57-49-41-31-25-21-17-13-11-15-19-23-28-36-44-52-66(4)5/h65-71,76H,9-64H2,1-8H3,(H,81,82)(H,83,84)/t68?,69?,70-,71-/m1/s1. The molecule has 0 fully saturated rings. The second-order valence-electron chi connectivity index (χ2n) is 28.7. The minimum absolute atomic E-state index is 0.103. The van der Waals surface area contributed by atoms with Crippen LogP contribution in [0, 0.1) is 23.7 Å². The molecule has 0 aliphatic rings. The lowest BCUT2D eigenvalue weighted by atomic mass is 10.00. The second kappa shape index (κ2) is 64.4. The zero-order valence-corrected chi connectivity index (χ0v) is 63.4. The van der Waals surface area contributed by atoms with Crippen LogP contribution in [0.1, 0.15) is 376 Å². The Hall–Kier alpha value is -1.94. The number of ether oxygens (including phenoxy) is 4. The molecule has 0 spiro atoms. The Balaban J connectivity index is 5.20. The maximum atomic E-state index is 13.0. The van der Waals surface area contributed by atoms with Gasteiger partial charge in [0.05, 0.1) is 26.4 Å². The van der Waals surface area contributed by atoms with Crippen LogP contribution in [0.4, 0.5) is 0 Å². The van der Waals surface area contributed by atoms with E-state index in [1.54, 1.807) is 0 Å². The van der Waals surface area contributed by atoms with Gasteiger partial charge in [0.25, 0.3) is 0 Å². The van der Waals surface area contributed by atoms with Crippen LogP contribution >= 0.6 is 15.6 Å². The first-order chi connectivity index (χ1) is 45.1. The first-order valence-electron chi connectivity index (χ1n) is 38.7. The first kappa shape index (κ1) is 92.1. The van der Waals surface area contributed by atoms with Gasteiger partial charge in [0.2, 0.25) is 0 Å². The van der Waals surface area contributed by atoms with Crippen LogP contribution in [0.25, 0.3) is 0 Å². The highest BCUT2D eigenvalue weighted by Gasteiger charge is 2.30. The van der Waals surface area contributed by atoms with E-state index >= 15 is 0 Å². The molecule has 0 heterocycles. The average Bonchev–Trinajstić information content (AvgIpc) is 2.08. The van der Waals surface area contributed by atoms with Crippen LogP contribution in [-0.4, -0.2) is 96.7 Å². The van der Waals surface area contributed by atoms with Gasteiger partial charge in [0.1, 0.15) is 19.3 Å². The highest BCUT2D eigenvalue weighted by molar-refractivity contribution is 7.47. The van der Waals surface area contributed by atoms with Crippen molar-refractivity contribution in [1.29, 1.82) is 0 Å². The summed E-state index contributed by atoms with van der Waals surface area (Å²) in [5.74, 6) is 0.894. The van der Waals surface area contributed by atoms with Crippen LogP contribution in [0.5, 0.6) is 0 Å². The van der Waals surface area contributed by atoms with Crippen molar-refractivity contribution >= 4 is 39.5 Å². The molecule has 0 aliphatic carbocycles. The minimum Gasteiger partial charge on any atom is -0.462 e. The Bertz CT molecular complexity index is 1850. The number of hydrogen-bond donors (Lipinski definition) is 3. The lowest BCUT2D eigenvalue weighted by molar-refractivity contribution is -0.161. The Morgan fingerprint density at radius 3 is 0.755 bits per heavy atom. The topological polar surface area (TPSA) is 237 Å². The van der Waals surface area contributed by atoms with E-state index in [1.807, 2.05) is 0 Å². The molecule has 6 atom stereocenters. The van der Waals surface area contributed by atoms with Crippen LogP contribution in [0.15, 0.2) is 0 Å². The fraction of sp³-hybridized carbons (Fsp3) is 0.947. The van der Waals surface area contributed by atoms with Crippen molar-refractivity contribution in [2.45, 2.75) is 395 Å². The molecule has 0 aromatic rings. The third kappa shape index (κ3) is 67.3. The van der Waals surface area contributed by atoms with Crippen molar-refractivity contribution in [3.05, 3.63) is 0 Å². The van der Waals surface area contributed by atoms with Gasteiger partial charge in [-0.2, -0.15) is 0 Å². The summed E-state index contributed by atoms with van der Waals surface area (Å²) in [5, 5.41) is 10.6. The summed E-state index contributed by atoms with van der Waals surface area (Å²) in [6.07, 6.45) is 48.7. The molecule has 0 aromatic heterocycles. The molecule has 0 aliphatic heterocycles. The molecule has 3 N–H and O–H groups in total. The van der Waals surface area contributed by atoms with E-state index in [0.29, 0.717) is 31.6 Å². The molecule has 0 amide bonds. The van der Waals surface area contributed by atoms with Gasteiger partial charge in [-0.1, -0.05) is 325 Å². The SMILES string of the molecule is CCC(C)CCCCCCCCC(=O)O[C@H](COC(=O)CCCCCCCCCCCCCCCCC(C)C)COP(=O)(O)OCC(O)COP(=O)(O)OC[C@@H](COC(=O)CCCCCCCCCC(C)C)OC(=O)CCCCCCCCCCCCCCCCC(C)C. The fourth-order valence-corrected chi connectivity index (χ4v) is 12.9. The molecule has 0 aromatic carbocycles. The Kier molecular flexibility index (Phi) is 63.1. The Morgan fingerprint density at radius 2 is 0.511 bits per heavy atom. The minimum atomic E-state index is -4.96. The number of esters is 4. The molecule has 4 unspecified atom stereocenters. The van der Waals surface area contributed by atoms with Crippen LogP contribution in [0.2, 0.25) is 0 Å². The highest BCUT2D eigenvalue weighted by atomic mass is 31.2. The third-order valence-corrected chi connectivity index (χ3v) is 19.6. The van der Waals surface area contributed by atoms with Gasteiger partial charge in [-0.05, 0) is 49.4 Å². The molecule has 558 valence electrons. The number of unbranched alkanes of at least 4 members (excludes halogenated alkanes) is 37. The number of phosphoric ester groups is 2. The van der Waals surface area contributed by atoms with Crippen molar-refractivity contribution in [1.82, 2.24) is 0 Å². The zero-order chi connectivity index (χ0) is 69.6. The Morgan fingerprint density at radius 1 is 0.298 bits per heavy atom. The number of rotatable bonds is 72. The summed E-state index contributed by atoms with van der Waals surface area (Å²) in [6, 6.07) is 0. The third-order valence-electron chi connectivity index (χ3n) is 17.7. The number of aliphatic hydroxyl groups excluding tert-OH is 1. The van der Waals surface area contributed by atoms with Crippen molar-refractivity contribution in [2.24, 2.45) is 23.7 Å². The molecule has 0 rings (SSSR count). The van der Waals surface area contributed by atoms with E-state index in [0.717, 1.165) is 114 Å². The largest absolute Gasteiger partial charge is 0.472 e. The van der Waals surface area contributed by atoms with Crippen molar-refractivity contribution in [2.75, 3.05) is 39.6 Å². The normalized spacial score (nSPS) is 14.4. The highest BCUT2D eigenvalue weighted by Crippen LogP contribution is 2.45. The number of phosphoric acid groups is 2. The summed E-state index contributed by atoms with van der Waals surface area (Å²) >= 11 is 0. The van der Waals surface area contributed by atoms with Gasteiger partial charge < -0.3 is 33.8 Å². The fourth-order valence-electron chi connectivity index (χ4n) is 11.3. The zero-order valence-electron chi connectivity index (χ0n) is 61.6. The lowest BCUT2D eigenvalue weighted by Gasteiger charge is -2.21. The van der Waals surface area contributed by atoms with E-state index in [9.17, 15) is 43.2 Å². The van der Waals surface area contributed by atoms with Gasteiger partial charge in [-0.25, -0.2) is 9.13 Å². The average molecular weight is 1380 g/mol. The predicted molar refractivity (Wildman–Crippen MR) is 381 cm³/mol. The molecule has 94 heavy (non-hydrogen) atoms. The molecular weight excluding hydrogens is 1230 g/mol. The van der Waals surface area contributed by atoms with Crippen molar-refractivity contribution in [3.8, 4) is 0 Å². The molecule has 0 bridgehead atoms. The van der Waals surface area contributed by atoms with E-state index in [1.165, 1.54) is 173 Å². The number of aliphatic hydroxyl groups is 1. The quantitative estimate of drug-likeness (QED) is 0.0222. The molecule has 0 saturated heterocycles. The second-order valence-corrected chi connectivity index (χ2v) is 31.6. The lowest BCUT2D eigenvalue weighted by Crippen LogP contribution is -2.30. The predicted octanol–water partition coefficient (Wildman–Crippen LogP) is 21.7. The van der Waals surface area contributed by atoms with Crippen LogP contribution in [0.3, 0.4) is 0 Å². The van der Waals surface area contributed by atoms with Crippen LogP contribution in [-0.2, 0) is 65.4 Å². The van der Waals surface area contributed by atoms with E-state index < -0.39 is 97.5 Å². The maximum absolute atomic E-state index is 13.0. The molecule has 19 heteroatoms. The first-order valence-corrected chi connectivity index (χ1v) is 41.7. The van der Waals surface area contributed by atoms with Crippen LogP contribution < -0.4 is 0 Å². The molecular formula is C75H146O17P2. The van der Waals surface area contributed by atoms with Crippen molar-refractivity contribution in [3.63, 3.8) is 0 Å². The van der Waals surface area contributed by atoms with Crippen molar-refractivity contribution < 1.29 is 80.2 Å². The summed E-state index contributed by atoms with van der Waals surface area (Å²) in [5.41, 5.74) is 0. The molecule has 0 saturated carbocycles. The number of carbonyl (C=O) groups excluding carboxylic acids is 4. The summed E-state index contributed by atoms with van der Waals surface area (Å²) < 4.78 is 68.4. The van der Waals surface area contributed by atoms with Gasteiger partial charge in [-0.15, -0.1) is 0 Å². The van der Waals surface area contributed by atoms with Gasteiger partial charge in [0.15, 0.2) is 12.2 Å². The maximum Gasteiger partial charge on any atom is 0.472 e. The summed E-state index contributed by atoms with van der Waals surface area (Å²) in [6.45, 7) is 14.1. The smallest absolute Gasteiger partial charge is 0.462 e. The van der Waals surface area contributed by atoms with E-state index in [4.69, 9.17) is 37.0 Å². The van der Waals surface area contributed by atoms with Gasteiger partial charge >= 0.3 is 39.5 Å². The number of hydrogen-bond acceptors (Lipinski definition) is 15. The van der Waals surface area contributed by atoms with Gasteiger partial charge in [-0.3, -0.25) is 37.3 Å². The number of carbonyl (C=O) groups is 4. The Labute approximate surface area is 575 Å². The molecule has 17 nitrogen and oxygen atoms in total. The monoisotopic (exact) mass is 1380 g/mol.